The van der Waals surface area contributed by atoms with Crippen molar-refractivity contribution in [2.24, 2.45) is 5.92 Å². The highest BCUT2D eigenvalue weighted by molar-refractivity contribution is 7.19. The molecule has 0 amide bonds. The van der Waals surface area contributed by atoms with Crippen LogP contribution in [0.3, 0.4) is 0 Å². The number of hydrogen-bond donors (Lipinski definition) is 0. The van der Waals surface area contributed by atoms with Gasteiger partial charge >= 0.3 is 0 Å². The van der Waals surface area contributed by atoms with Crippen molar-refractivity contribution in [1.82, 2.24) is 0 Å². The van der Waals surface area contributed by atoms with Crippen molar-refractivity contribution in [3.63, 3.8) is 0 Å². The summed E-state index contributed by atoms with van der Waals surface area (Å²) in [5.41, 5.74) is 0. The Morgan fingerprint density at radius 2 is 2.00 bits per heavy atom. The first-order chi connectivity index (χ1) is 4.12. The van der Waals surface area contributed by atoms with Gasteiger partial charge in [-0.25, -0.2) is 0 Å². The van der Waals surface area contributed by atoms with Gasteiger partial charge in [0.05, 0.1) is 0 Å². The fourth-order valence-corrected chi connectivity index (χ4v) is 1.30. The number of hydrogen-bond acceptors (Lipinski definition) is 0. The van der Waals surface area contributed by atoms with E-state index in [4.69, 9.17) is 0 Å². The molecule has 0 aromatic carbocycles. The minimum atomic E-state index is 0.699. The van der Waals surface area contributed by atoms with E-state index in [1.54, 1.807) is 0 Å². The Balaban J connectivity index is 2.05. The second-order valence-electron chi connectivity index (χ2n) is 3.79. The van der Waals surface area contributed by atoms with Gasteiger partial charge in [0.1, 0.15) is 0 Å². The van der Waals surface area contributed by atoms with E-state index in [1.165, 1.54) is 25.7 Å². The highest BCUT2D eigenvalue weighted by Crippen LogP contribution is 2.48. The summed E-state index contributed by atoms with van der Waals surface area (Å²) in [6.45, 7) is 4.60. The molecule has 0 saturated heterocycles. The van der Waals surface area contributed by atoms with Crippen LogP contribution in [0.25, 0.3) is 0 Å². The van der Waals surface area contributed by atoms with Crippen LogP contribution in [0.5, 0.6) is 0 Å². The van der Waals surface area contributed by atoms with Gasteiger partial charge in [0.15, 0.2) is 0 Å². The second kappa shape index (κ2) is 2.58. The first-order valence-corrected chi connectivity index (χ1v) is 4.49. The first-order valence-electron chi connectivity index (χ1n) is 3.91. The molecule has 0 aromatic rings. The van der Waals surface area contributed by atoms with Crippen molar-refractivity contribution in [2.45, 2.75) is 44.7 Å². The highest BCUT2D eigenvalue weighted by Gasteiger charge is 2.36. The van der Waals surface area contributed by atoms with E-state index in [0.29, 0.717) is 5.16 Å². The molecule has 1 aliphatic carbocycles. The molecule has 1 unspecified atom stereocenters. The molecule has 0 radical (unpaired) electrons. The summed E-state index contributed by atoms with van der Waals surface area (Å²) < 4.78 is 0. The average Bonchev–Trinajstić information content (AvgIpc) is 2.45. The van der Waals surface area contributed by atoms with Crippen LogP contribution in [0.15, 0.2) is 0 Å². The van der Waals surface area contributed by atoms with Crippen LogP contribution >= 0.6 is 9.24 Å². The lowest BCUT2D eigenvalue weighted by Crippen LogP contribution is -1.98. The van der Waals surface area contributed by atoms with E-state index in [-0.39, 0.29) is 0 Å². The zero-order chi connectivity index (χ0) is 6.91. The van der Waals surface area contributed by atoms with Crippen molar-refractivity contribution in [2.75, 3.05) is 0 Å². The van der Waals surface area contributed by atoms with Gasteiger partial charge in [-0.05, 0) is 30.3 Å². The summed E-state index contributed by atoms with van der Waals surface area (Å²) in [4.78, 5) is 0. The zero-order valence-corrected chi connectivity index (χ0v) is 7.64. The molecule has 1 aliphatic rings. The maximum atomic E-state index is 2.99. The van der Waals surface area contributed by atoms with Crippen molar-refractivity contribution in [3.05, 3.63) is 0 Å². The molecule has 1 heteroatoms. The Hall–Kier alpha value is 0.430. The second-order valence-corrected chi connectivity index (χ2v) is 5.02. The molecule has 0 aromatic heterocycles. The van der Waals surface area contributed by atoms with Crippen LogP contribution < -0.4 is 0 Å². The molecule has 0 aliphatic heterocycles. The minimum Gasteiger partial charge on any atom is -0.131 e. The summed E-state index contributed by atoms with van der Waals surface area (Å²) in [6.07, 6.45) is 5.73. The smallest absolute Gasteiger partial charge is 0.0149 e. The van der Waals surface area contributed by atoms with Gasteiger partial charge in [-0.1, -0.05) is 20.3 Å². The molecule has 9 heavy (non-hydrogen) atoms. The topological polar surface area (TPSA) is 0 Å². The van der Waals surface area contributed by atoms with Crippen LogP contribution in [-0.2, 0) is 0 Å². The maximum Gasteiger partial charge on any atom is -0.0149 e. The van der Waals surface area contributed by atoms with Crippen LogP contribution in [0.1, 0.15) is 39.5 Å². The SMILES string of the molecule is CC(C)CCC1(P)CC1. The lowest BCUT2D eigenvalue weighted by molar-refractivity contribution is 0.542. The lowest BCUT2D eigenvalue weighted by Gasteiger charge is -2.08. The summed E-state index contributed by atoms with van der Waals surface area (Å²) in [6, 6.07) is 0. The quantitative estimate of drug-likeness (QED) is 0.534. The van der Waals surface area contributed by atoms with Gasteiger partial charge < -0.3 is 0 Å². The zero-order valence-electron chi connectivity index (χ0n) is 6.48. The third kappa shape index (κ3) is 2.67. The summed E-state index contributed by atoms with van der Waals surface area (Å²) in [7, 11) is 2.99. The van der Waals surface area contributed by atoms with E-state index in [1.807, 2.05) is 0 Å². The molecule has 1 saturated carbocycles. The van der Waals surface area contributed by atoms with E-state index in [9.17, 15) is 0 Å². The standard InChI is InChI=1S/C8H17P/c1-7(2)3-4-8(9)5-6-8/h7H,3-6,9H2,1-2H3. The van der Waals surface area contributed by atoms with Gasteiger partial charge in [0, 0.05) is 0 Å². The summed E-state index contributed by atoms with van der Waals surface area (Å²) in [5, 5.41) is 0.699. The molecule has 0 heterocycles. The molecule has 1 fully saturated rings. The molecule has 1 rings (SSSR count). The van der Waals surface area contributed by atoms with Gasteiger partial charge in [0.2, 0.25) is 0 Å². The molecular weight excluding hydrogens is 127 g/mol. The van der Waals surface area contributed by atoms with Gasteiger partial charge in [0.25, 0.3) is 0 Å². The van der Waals surface area contributed by atoms with Crippen LogP contribution in [0.4, 0.5) is 0 Å². The third-order valence-electron chi connectivity index (χ3n) is 2.11. The molecule has 54 valence electrons. The van der Waals surface area contributed by atoms with Gasteiger partial charge in [-0.2, -0.15) is 0 Å². The summed E-state index contributed by atoms with van der Waals surface area (Å²) in [5.74, 6) is 0.892. The Morgan fingerprint density at radius 1 is 1.44 bits per heavy atom. The van der Waals surface area contributed by atoms with Crippen LogP contribution in [0, 0.1) is 5.92 Å². The van der Waals surface area contributed by atoms with Crippen molar-refractivity contribution in [3.8, 4) is 0 Å². The maximum absolute atomic E-state index is 2.99. The van der Waals surface area contributed by atoms with E-state index >= 15 is 0 Å². The molecular formula is C8H17P. The Kier molecular flexibility index (Phi) is 2.16. The Bertz CT molecular complexity index is 92.7. The van der Waals surface area contributed by atoms with Crippen molar-refractivity contribution in [1.29, 1.82) is 0 Å². The normalized spacial score (nSPS) is 22.7. The monoisotopic (exact) mass is 144 g/mol. The molecule has 0 nitrogen and oxygen atoms in total. The number of rotatable bonds is 3. The minimum absolute atomic E-state index is 0.699. The van der Waals surface area contributed by atoms with Crippen molar-refractivity contribution >= 4 is 9.24 Å². The predicted octanol–water partition coefficient (Wildman–Crippen LogP) is 2.83. The van der Waals surface area contributed by atoms with E-state index in [2.05, 4.69) is 23.1 Å². The molecule has 0 spiro atoms. The molecule has 0 bridgehead atoms. The van der Waals surface area contributed by atoms with Crippen molar-refractivity contribution < 1.29 is 0 Å². The first kappa shape index (κ1) is 7.54. The van der Waals surface area contributed by atoms with Gasteiger partial charge in [-0.15, -0.1) is 9.24 Å². The molecule has 0 N–H and O–H groups in total. The lowest BCUT2D eigenvalue weighted by atomic mass is 10.1. The fourth-order valence-electron chi connectivity index (χ4n) is 0.987. The van der Waals surface area contributed by atoms with E-state index < -0.39 is 0 Å². The Morgan fingerprint density at radius 3 is 2.33 bits per heavy atom. The van der Waals surface area contributed by atoms with Crippen LogP contribution in [0.2, 0.25) is 0 Å². The van der Waals surface area contributed by atoms with Crippen LogP contribution in [-0.4, -0.2) is 5.16 Å². The third-order valence-corrected chi connectivity index (χ3v) is 2.98. The summed E-state index contributed by atoms with van der Waals surface area (Å²) >= 11 is 0. The fraction of sp³-hybridized carbons (Fsp3) is 1.00. The highest BCUT2D eigenvalue weighted by atomic mass is 31.0. The van der Waals surface area contributed by atoms with Gasteiger partial charge in [-0.3, -0.25) is 0 Å². The Labute approximate surface area is 60.6 Å². The molecule has 1 atom stereocenters. The average molecular weight is 144 g/mol. The largest absolute Gasteiger partial charge is 0.131 e. The van der Waals surface area contributed by atoms with E-state index in [0.717, 1.165) is 5.92 Å². The predicted molar refractivity (Wildman–Crippen MR) is 45.7 cm³/mol.